The Kier molecular flexibility index (Phi) is 7.39. The summed E-state index contributed by atoms with van der Waals surface area (Å²) in [6.07, 6.45) is -0.615. The van der Waals surface area contributed by atoms with Crippen LogP contribution in [0.15, 0.2) is 54.6 Å². The highest BCUT2D eigenvalue weighted by atomic mass is 16.5. The van der Waals surface area contributed by atoms with Gasteiger partial charge < -0.3 is 25.0 Å². The first-order valence-corrected chi connectivity index (χ1v) is 7.67. The maximum absolute atomic E-state index is 9.71. The third-order valence-corrected chi connectivity index (χ3v) is 3.18. The van der Waals surface area contributed by atoms with E-state index in [1.54, 1.807) is 0 Å². The van der Waals surface area contributed by atoms with E-state index in [1.807, 2.05) is 54.6 Å². The predicted molar refractivity (Wildman–Crippen MR) is 88.7 cm³/mol. The van der Waals surface area contributed by atoms with Gasteiger partial charge in [-0.25, -0.2) is 0 Å². The zero-order valence-electron chi connectivity index (χ0n) is 13.0. The normalized spacial score (nSPS) is 11.9. The second-order valence-corrected chi connectivity index (χ2v) is 5.14. The van der Waals surface area contributed by atoms with Gasteiger partial charge in [0.2, 0.25) is 0 Å². The average Bonchev–Trinajstić information content (AvgIpc) is 2.60. The van der Waals surface area contributed by atoms with Crippen LogP contribution in [0.3, 0.4) is 0 Å². The SMILES string of the molecule is OCCNC[C@H](O)COc1ccc(OCc2ccccc2)cc1. The molecule has 3 N–H and O–H groups in total. The lowest BCUT2D eigenvalue weighted by Gasteiger charge is -2.13. The topological polar surface area (TPSA) is 71.0 Å². The molecule has 0 aromatic heterocycles. The summed E-state index contributed by atoms with van der Waals surface area (Å²) in [6.45, 7) is 1.63. The van der Waals surface area contributed by atoms with Gasteiger partial charge in [0.1, 0.15) is 30.8 Å². The molecular weight excluding hydrogens is 294 g/mol. The fourth-order valence-corrected chi connectivity index (χ4v) is 1.97. The number of benzene rings is 2. The van der Waals surface area contributed by atoms with Crippen molar-refractivity contribution >= 4 is 0 Å². The van der Waals surface area contributed by atoms with E-state index in [9.17, 15) is 5.11 Å². The summed E-state index contributed by atoms with van der Waals surface area (Å²) in [5, 5.41) is 21.3. The van der Waals surface area contributed by atoms with Crippen molar-refractivity contribution in [3.63, 3.8) is 0 Å². The van der Waals surface area contributed by atoms with E-state index in [4.69, 9.17) is 14.6 Å². The van der Waals surface area contributed by atoms with Crippen molar-refractivity contribution in [3.8, 4) is 11.5 Å². The van der Waals surface area contributed by atoms with Gasteiger partial charge in [-0.1, -0.05) is 30.3 Å². The molecule has 0 spiro atoms. The fraction of sp³-hybridized carbons (Fsp3) is 0.333. The second-order valence-electron chi connectivity index (χ2n) is 5.14. The van der Waals surface area contributed by atoms with Gasteiger partial charge in [-0.2, -0.15) is 0 Å². The first kappa shape index (κ1) is 17.3. The Hall–Kier alpha value is -2.08. The molecule has 2 aromatic rings. The van der Waals surface area contributed by atoms with Gasteiger partial charge in [-0.3, -0.25) is 0 Å². The van der Waals surface area contributed by atoms with E-state index in [0.29, 0.717) is 25.4 Å². The molecule has 0 saturated heterocycles. The van der Waals surface area contributed by atoms with Crippen LogP contribution in [-0.2, 0) is 6.61 Å². The fourth-order valence-electron chi connectivity index (χ4n) is 1.97. The lowest BCUT2D eigenvalue weighted by atomic mass is 10.2. The molecule has 2 rings (SSSR count). The highest BCUT2D eigenvalue weighted by Crippen LogP contribution is 2.18. The Morgan fingerprint density at radius 1 is 0.913 bits per heavy atom. The standard InChI is InChI=1S/C18H23NO4/c20-11-10-19-12-16(21)14-23-18-8-6-17(7-9-18)22-13-15-4-2-1-3-5-15/h1-9,16,19-21H,10-14H2/t16-/m0/s1. The van der Waals surface area contributed by atoms with Crippen molar-refractivity contribution in [1.29, 1.82) is 0 Å². The molecule has 1 atom stereocenters. The number of rotatable bonds is 10. The van der Waals surface area contributed by atoms with Crippen LogP contribution >= 0.6 is 0 Å². The van der Waals surface area contributed by atoms with E-state index in [-0.39, 0.29) is 13.2 Å². The van der Waals surface area contributed by atoms with Gasteiger partial charge in [0.25, 0.3) is 0 Å². The van der Waals surface area contributed by atoms with Crippen molar-refractivity contribution in [1.82, 2.24) is 5.32 Å². The van der Waals surface area contributed by atoms with Gasteiger partial charge in [0.15, 0.2) is 0 Å². The maximum atomic E-state index is 9.71. The van der Waals surface area contributed by atoms with E-state index in [2.05, 4.69) is 5.32 Å². The molecule has 0 aliphatic carbocycles. The van der Waals surface area contributed by atoms with Crippen LogP contribution in [0.1, 0.15) is 5.56 Å². The molecule has 0 unspecified atom stereocenters. The predicted octanol–water partition coefficient (Wildman–Crippen LogP) is 1.59. The summed E-state index contributed by atoms with van der Waals surface area (Å²) in [7, 11) is 0. The summed E-state index contributed by atoms with van der Waals surface area (Å²) >= 11 is 0. The van der Waals surface area contributed by atoms with Gasteiger partial charge in [0.05, 0.1) is 6.61 Å². The number of nitrogens with one attached hydrogen (secondary N) is 1. The monoisotopic (exact) mass is 317 g/mol. The Morgan fingerprint density at radius 3 is 2.22 bits per heavy atom. The minimum absolute atomic E-state index is 0.0536. The number of hydrogen-bond donors (Lipinski definition) is 3. The summed E-state index contributed by atoms with van der Waals surface area (Å²) < 4.78 is 11.2. The highest BCUT2D eigenvalue weighted by Gasteiger charge is 2.05. The molecule has 2 aromatic carbocycles. The summed E-state index contributed by atoms with van der Waals surface area (Å²) in [5.74, 6) is 1.45. The van der Waals surface area contributed by atoms with E-state index in [0.717, 1.165) is 11.3 Å². The summed E-state index contributed by atoms with van der Waals surface area (Å²) in [4.78, 5) is 0. The lowest BCUT2D eigenvalue weighted by Crippen LogP contribution is -2.32. The third-order valence-electron chi connectivity index (χ3n) is 3.18. The molecule has 0 bridgehead atoms. The molecule has 0 radical (unpaired) electrons. The molecule has 0 fully saturated rings. The van der Waals surface area contributed by atoms with Gasteiger partial charge >= 0.3 is 0 Å². The molecule has 124 valence electrons. The van der Waals surface area contributed by atoms with Crippen molar-refractivity contribution < 1.29 is 19.7 Å². The minimum Gasteiger partial charge on any atom is -0.491 e. The van der Waals surface area contributed by atoms with Gasteiger partial charge in [-0.05, 0) is 29.8 Å². The molecule has 0 heterocycles. The Balaban J connectivity index is 1.71. The van der Waals surface area contributed by atoms with E-state index in [1.165, 1.54) is 0 Å². The molecule has 0 amide bonds. The van der Waals surface area contributed by atoms with E-state index < -0.39 is 6.10 Å². The first-order valence-electron chi connectivity index (χ1n) is 7.67. The average molecular weight is 317 g/mol. The van der Waals surface area contributed by atoms with Crippen LogP contribution in [0.2, 0.25) is 0 Å². The van der Waals surface area contributed by atoms with Gasteiger partial charge in [0, 0.05) is 13.1 Å². The van der Waals surface area contributed by atoms with Crippen LogP contribution in [-0.4, -0.2) is 42.6 Å². The second kappa shape index (κ2) is 9.84. The van der Waals surface area contributed by atoms with Crippen LogP contribution < -0.4 is 14.8 Å². The zero-order valence-corrected chi connectivity index (χ0v) is 13.0. The lowest BCUT2D eigenvalue weighted by molar-refractivity contribution is 0.105. The number of hydrogen-bond acceptors (Lipinski definition) is 5. The van der Waals surface area contributed by atoms with Crippen LogP contribution in [0.5, 0.6) is 11.5 Å². The maximum Gasteiger partial charge on any atom is 0.120 e. The Labute approximate surface area is 136 Å². The molecule has 5 nitrogen and oxygen atoms in total. The van der Waals surface area contributed by atoms with Crippen LogP contribution in [0.25, 0.3) is 0 Å². The molecule has 0 aliphatic rings. The minimum atomic E-state index is -0.615. The third kappa shape index (κ3) is 6.69. The van der Waals surface area contributed by atoms with Crippen LogP contribution in [0, 0.1) is 0 Å². The Morgan fingerprint density at radius 2 is 1.57 bits per heavy atom. The van der Waals surface area contributed by atoms with Crippen molar-refractivity contribution in [2.24, 2.45) is 0 Å². The molecule has 0 aliphatic heterocycles. The molecule has 5 heteroatoms. The molecular formula is C18H23NO4. The van der Waals surface area contributed by atoms with Gasteiger partial charge in [-0.15, -0.1) is 0 Å². The quantitative estimate of drug-likeness (QED) is 0.581. The van der Waals surface area contributed by atoms with Crippen molar-refractivity contribution in [2.75, 3.05) is 26.3 Å². The zero-order chi connectivity index (χ0) is 16.3. The van der Waals surface area contributed by atoms with Crippen molar-refractivity contribution in [2.45, 2.75) is 12.7 Å². The first-order chi connectivity index (χ1) is 11.3. The van der Waals surface area contributed by atoms with Crippen LogP contribution in [0.4, 0.5) is 0 Å². The smallest absolute Gasteiger partial charge is 0.120 e. The van der Waals surface area contributed by atoms with E-state index >= 15 is 0 Å². The Bertz CT molecular complexity index is 545. The van der Waals surface area contributed by atoms with Crippen molar-refractivity contribution in [3.05, 3.63) is 60.2 Å². The highest BCUT2D eigenvalue weighted by molar-refractivity contribution is 5.31. The number of ether oxygens (including phenoxy) is 2. The summed E-state index contributed by atoms with van der Waals surface area (Å²) in [5.41, 5.74) is 1.12. The number of aliphatic hydroxyl groups excluding tert-OH is 2. The number of aliphatic hydroxyl groups is 2. The molecule has 0 saturated carbocycles. The molecule has 23 heavy (non-hydrogen) atoms. The largest absolute Gasteiger partial charge is 0.491 e. The summed E-state index contributed by atoms with van der Waals surface area (Å²) in [6, 6.07) is 17.3.